The Bertz CT molecular complexity index is 174. The van der Waals surface area contributed by atoms with Crippen molar-refractivity contribution in [2.45, 2.75) is 19.3 Å². The van der Waals surface area contributed by atoms with Gasteiger partial charge in [0.2, 0.25) is 0 Å². The highest BCUT2D eigenvalue weighted by atomic mass is 15.2. The van der Waals surface area contributed by atoms with Crippen LogP contribution < -0.4 is 5.32 Å². The van der Waals surface area contributed by atoms with E-state index >= 15 is 0 Å². The maximum absolute atomic E-state index is 3.33. The van der Waals surface area contributed by atoms with Crippen LogP contribution in [0.2, 0.25) is 0 Å². The minimum Gasteiger partial charge on any atom is -0.316 e. The van der Waals surface area contributed by atoms with Gasteiger partial charge in [0, 0.05) is 13.1 Å². The Hall–Kier alpha value is -0.120. The number of likely N-dealkylation sites (N-methyl/N-ethyl adjacent to an activating group) is 1. The number of nitrogens with one attached hydrogen (secondary N) is 1. The first-order valence-corrected chi connectivity index (χ1v) is 6.46. The molecule has 2 aliphatic rings. The van der Waals surface area contributed by atoms with E-state index in [2.05, 4.69) is 22.2 Å². The molecular formula is C12H25N3. The molecule has 2 saturated heterocycles. The second-order valence-corrected chi connectivity index (χ2v) is 5.16. The summed E-state index contributed by atoms with van der Waals surface area (Å²) in [6.07, 6.45) is 4.21. The molecule has 3 heteroatoms. The van der Waals surface area contributed by atoms with Gasteiger partial charge in [-0.2, -0.15) is 0 Å². The van der Waals surface area contributed by atoms with Crippen LogP contribution in [0.3, 0.4) is 0 Å². The van der Waals surface area contributed by atoms with E-state index in [0.29, 0.717) is 0 Å². The topological polar surface area (TPSA) is 18.5 Å². The lowest BCUT2D eigenvalue weighted by Crippen LogP contribution is -2.43. The highest BCUT2D eigenvalue weighted by Gasteiger charge is 2.17. The molecule has 0 bridgehead atoms. The standard InChI is InChI=1S/C12H25N3/c1-14(7-4-12-10-13-11-12)8-9-15-5-2-3-6-15/h12-13H,2-11H2,1H3. The minimum absolute atomic E-state index is 0.958. The molecule has 0 saturated carbocycles. The largest absolute Gasteiger partial charge is 0.316 e. The molecule has 0 aromatic rings. The Morgan fingerprint density at radius 1 is 1.20 bits per heavy atom. The van der Waals surface area contributed by atoms with E-state index in [1.165, 1.54) is 65.1 Å². The molecule has 2 heterocycles. The lowest BCUT2D eigenvalue weighted by atomic mass is 9.99. The molecule has 0 atom stereocenters. The molecule has 0 aromatic carbocycles. The van der Waals surface area contributed by atoms with Gasteiger partial charge in [-0.3, -0.25) is 0 Å². The normalized spacial score (nSPS) is 23.6. The third kappa shape index (κ3) is 3.74. The summed E-state index contributed by atoms with van der Waals surface area (Å²) >= 11 is 0. The summed E-state index contributed by atoms with van der Waals surface area (Å²) in [4.78, 5) is 5.10. The van der Waals surface area contributed by atoms with Gasteiger partial charge in [-0.05, 0) is 65.0 Å². The minimum atomic E-state index is 0.958. The lowest BCUT2D eigenvalue weighted by molar-refractivity contribution is 0.227. The quantitative estimate of drug-likeness (QED) is 0.695. The van der Waals surface area contributed by atoms with Crippen molar-refractivity contribution in [1.82, 2.24) is 15.1 Å². The first-order chi connectivity index (χ1) is 7.34. The zero-order chi connectivity index (χ0) is 10.5. The first-order valence-electron chi connectivity index (χ1n) is 6.46. The van der Waals surface area contributed by atoms with Crippen molar-refractivity contribution >= 4 is 0 Å². The molecule has 0 aliphatic carbocycles. The number of likely N-dealkylation sites (tertiary alicyclic amines) is 1. The second kappa shape index (κ2) is 5.83. The third-order valence-corrected chi connectivity index (χ3v) is 3.78. The predicted molar refractivity (Wildman–Crippen MR) is 64.1 cm³/mol. The maximum atomic E-state index is 3.33. The fourth-order valence-corrected chi connectivity index (χ4v) is 2.39. The Kier molecular flexibility index (Phi) is 4.42. The van der Waals surface area contributed by atoms with Crippen molar-refractivity contribution in [2.24, 2.45) is 5.92 Å². The molecule has 2 aliphatic heterocycles. The molecule has 1 N–H and O–H groups in total. The molecular weight excluding hydrogens is 186 g/mol. The fourth-order valence-electron chi connectivity index (χ4n) is 2.39. The summed E-state index contributed by atoms with van der Waals surface area (Å²) in [5.74, 6) is 0.958. The van der Waals surface area contributed by atoms with Crippen LogP contribution >= 0.6 is 0 Å². The van der Waals surface area contributed by atoms with Gasteiger partial charge in [0.1, 0.15) is 0 Å². The van der Waals surface area contributed by atoms with Crippen molar-refractivity contribution < 1.29 is 0 Å². The number of hydrogen-bond acceptors (Lipinski definition) is 3. The van der Waals surface area contributed by atoms with Crippen molar-refractivity contribution in [3.63, 3.8) is 0 Å². The van der Waals surface area contributed by atoms with E-state index in [4.69, 9.17) is 0 Å². The van der Waals surface area contributed by atoms with Crippen LogP contribution in [-0.2, 0) is 0 Å². The summed E-state index contributed by atoms with van der Waals surface area (Å²) in [6, 6.07) is 0. The van der Waals surface area contributed by atoms with Gasteiger partial charge in [0.05, 0.1) is 0 Å². The molecule has 3 nitrogen and oxygen atoms in total. The summed E-state index contributed by atoms with van der Waals surface area (Å²) < 4.78 is 0. The predicted octanol–water partition coefficient (Wildman–Crippen LogP) is 0.624. The summed E-state index contributed by atoms with van der Waals surface area (Å²) in [6.45, 7) is 8.97. The zero-order valence-corrected chi connectivity index (χ0v) is 10.0. The van der Waals surface area contributed by atoms with E-state index in [1.807, 2.05) is 0 Å². The third-order valence-electron chi connectivity index (χ3n) is 3.78. The van der Waals surface area contributed by atoms with Crippen molar-refractivity contribution in [1.29, 1.82) is 0 Å². The average Bonchev–Trinajstić information content (AvgIpc) is 2.64. The van der Waals surface area contributed by atoms with E-state index < -0.39 is 0 Å². The van der Waals surface area contributed by atoms with Crippen LogP contribution in [0, 0.1) is 5.92 Å². The van der Waals surface area contributed by atoms with Crippen molar-refractivity contribution in [3.8, 4) is 0 Å². The molecule has 0 unspecified atom stereocenters. The molecule has 0 radical (unpaired) electrons. The molecule has 0 aromatic heterocycles. The van der Waals surface area contributed by atoms with E-state index in [0.717, 1.165) is 5.92 Å². The highest BCUT2D eigenvalue weighted by Crippen LogP contribution is 2.09. The smallest absolute Gasteiger partial charge is 0.0109 e. The number of hydrogen-bond donors (Lipinski definition) is 1. The molecule has 0 spiro atoms. The molecule has 0 amide bonds. The van der Waals surface area contributed by atoms with E-state index in [-0.39, 0.29) is 0 Å². The fraction of sp³-hybridized carbons (Fsp3) is 1.00. The second-order valence-electron chi connectivity index (χ2n) is 5.16. The Labute approximate surface area is 93.8 Å². The summed E-state index contributed by atoms with van der Waals surface area (Å²) in [7, 11) is 2.27. The monoisotopic (exact) mass is 211 g/mol. The van der Waals surface area contributed by atoms with Crippen LogP contribution in [0.1, 0.15) is 19.3 Å². The highest BCUT2D eigenvalue weighted by molar-refractivity contribution is 4.75. The molecule has 2 fully saturated rings. The molecule has 88 valence electrons. The van der Waals surface area contributed by atoms with Gasteiger partial charge in [0.15, 0.2) is 0 Å². The SMILES string of the molecule is CN(CCC1CNC1)CCN1CCCC1. The average molecular weight is 211 g/mol. The molecule has 2 rings (SSSR count). The van der Waals surface area contributed by atoms with Crippen molar-refractivity contribution in [2.75, 3.05) is 52.9 Å². The van der Waals surface area contributed by atoms with Gasteiger partial charge >= 0.3 is 0 Å². The van der Waals surface area contributed by atoms with Gasteiger partial charge in [-0.15, -0.1) is 0 Å². The summed E-state index contributed by atoms with van der Waals surface area (Å²) in [5.41, 5.74) is 0. The number of rotatable bonds is 6. The zero-order valence-electron chi connectivity index (χ0n) is 10.0. The van der Waals surface area contributed by atoms with Gasteiger partial charge in [-0.25, -0.2) is 0 Å². The van der Waals surface area contributed by atoms with E-state index in [1.54, 1.807) is 0 Å². The Balaban J connectivity index is 1.49. The van der Waals surface area contributed by atoms with Crippen LogP contribution in [0.5, 0.6) is 0 Å². The Morgan fingerprint density at radius 2 is 1.93 bits per heavy atom. The first kappa shape index (κ1) is 11.4. The van der Waals surface area contributed by atoms with Crippen LogP contribution in [0.25, 0.3) is 0 Å². The van der Waals surface area contributed by atoms with Crippen LogP contribution in [0.15, 0.2) is 0 Å². The van der Waals surface area contributed by atoms with Gasteiger partial charge in [0.25, 0.3) is 0 Å². The van der Waals surface area contributed by atoms with Gasteiger partial charge < -0.3 is 15.1 Å². The van der Waals surface area contributed by atoms with Gasteiger partial charge in [-0.1, -0.05) is 0 Å². The molecule has 15 heavy (non-hydrogen) atoms. The number of nitrogens with zero attached hydrogens (tertiary/aromatic N) is 2. The summed E-state index contributed by atoms with van der Waals surface area (Å²) in [5, 5.41) is 3.33. The van der Waals surface area contributed by atoms with Crippen LogP contribution in [-0.4, -0.2) is 62.7 Å². The van der Waals surface area contributed by atoms with Crippen LogP contribution in [0.4, 0.5) is 0 Å². The Morgan fingerprint density at radius 3 is 2.53 bits per heavy atom. The van der Waals surface area contributed by atoms with E-state index in [9.17, 15) is 0 Å². The maximum Gasteiger partial charge on any atom is 0.0109 e. The van der Waals surface area contributed by atoms with Crippen molar-refractivity contribution in [3.05, 3.63) is 0 Å². The lowest BCUT2D eigenvalue weighted by Gasteiger charge is -2.29.